The first-order chi connectivity index (χ1) is 9.78. The molecule has 0 fully saturated rings. The van der Waals surface area contributed by atoms with Gasteiger partial charge in [-0.1, -0.05) is 12.1 Å². The number of benzene rings is 1. The number of para-hydroxylation sites is 1. The average Bonchev–Trinajstić information content (AvgIpc) is 2.94. The smallest absolute Gasteiger partial charge is 0.258 e. The fourth-order valence-electron chi connectivity index (χ4n) is 1.95. The molecule has 6 heteroatoms. The van der Waals surface area contributed by atoms with Gasteiger partial charge in [0, 0.05) is 28.2 Å². The summed E-state index contributed by atoms with van der Waals surface area (Å²) in [5.41, 5.74) is 1.78. The molecule has 1 aromatic carbocycles. The number of anilines is 1. The molecular weight excluding hydrogens is 290 g/mol. The summed E-state index contributed by atoms with van der Waals surface area (Å²) in [6, 6.07) is 9.68. The molecule has 0 saturated carbocycles. The van der Waals surface area contributed by atoms with Crippen molar-refractivity contribution in [3.63, 3.8) is 0 Å². The van der Waals surface area contributed by atoms with Gasteiger partial charge in [-0.15, -0.1) is 23.1 Å². The molecule has 0 atom stereocenters. The molecule has 102 valence electrons. The topological polar surface area (TPSA) is 46.4 Å². The van der Waals surface area contributed by atoms with Crippen LogP contribution in [0.3, 0.4) is 0 Å². The molecule has 2 heterocycles. The van der Waals surface area contributed by atoms with Crippen LogP contribution in [0.1, 0.15) is 5.69 Å². The normalized spacial score (nSPS) is 10.8. The maximum Gasteiger partial charge on any atom is 0.258 e. The Morgan fingerprint density at radius 2 is 2.25 bits per heavy atom. The van der Waals surface area contributed by atoms with Gasteiger partial charge in [0.1, 0.15) is 0 Å². The van der Waals surface area contributed by atoms with E-state index in [1.54, 1.807) is 28.4 Å². The van der Waals surface area contributed by atoms with E-state index in [1.807, 2.05) is 29.8 Å². The van der Waals surface area contributed by atoms with Gasteiger partial charge < -0.3 is 5.32 Å². The lowest BCUT2D eigenvalue weighted by Gasteiger charge is -2.09. The van der Waals surface area contributed by atoms with Crippen LogP contribution in [-0.4, -0.2) is 15.6 Å². The van der Waals surface area contributed by atoms with Crippen molar-refractivity contribution in [1.82, 2.24) is 9.38 Å². The van der Waals surface area contributed by atoms with E-state index >= 15 is 0 Å². The Bertz CT molecular complexity index is 794. The molecule has 0 radical (unpaired) electrons. The van der Waals surface area contributed by atoms with Crippen LogP contribution in [0.15, 0.2) is 51.6 Å². The van der Waals surface area contributed by atoms with Crippen molar-refractivity contribution in [3.05, 3.63) is 58.0 Å². The third kappa shape index (κ3) is 2.57. The molecule has 20 heavy (non-hydrogen) atoms. The molecule has 0 aliphatic heterocycles. The fourth-order valence-corrected chi connectivity index (χ4v) is 3.27. The summed E-state index contributed by atoms with van der Waals surface area (Å²) < 4.78 is 1.56. The number of hydrogen-bond donors (Lipinski definition) is 1. The molecule has 0 aliphatic rings. The van der Waals surface area contributed by atoms with Crippen molar-refractivity contribution in [2.24, 2.45) is 0 Å². The number of nitrogens with one attached hydrogen (secondary N) is 1. The highest BCUT2D eigenvalue weighted by Crippen LogP contribution is 2.24. The Morgan fingerprint density at radius 3 is 3.10 bits per heavy atom. The molecule has 4 nitrogen and oxygen atoms in total. The van der Waals surface area contributed by atoms with Crippen LogP contribution in [0.4, 0.5) is 5.69 Å². The summed E-state index contributed by atoms with van der Waals surface area (Å²) >= 11 is 3.16. The van der Waals surface area contributed by atoms with E-state index in [2.05, 4.69) is 16.4 Å². The lowest BCUT2D eigenvalue weighted by atomic mass is 10.3. The number of thiazole rings is 1. The summed E-state index contributed by atoms with van der Waals surface area (Å²) in [7, 11) is 0. The summed E-state index contributed by atoms with van der Waals surface area (Å²) in [6.07, 6.45) is 3.79. The van der Waals surface area contributed by atoms with Crippen molar-refractivity contribution in [2.45, 2.75) is 11.4 Å². The summed E-state index contributed by atoms with van der Waals surface area (Å²) in [6.45, 7) is 0.543. The van der Waals surface area contributed by atoms with Crippen LogP contribution in [0.2, 0.25) is 0 Å². The van der Waals surface area contributed by atoms with Gasteiger partial charge in [0.15, 0.2) is 4.96 Å². The molecule has 0 bridgehead atoms. The van der Waals surface area contributed by atoms with Gasteiger partial charge in [-0.05, 0) is 18.4 Å². The van der Waals surface area contributed by atoms with Gasteiger partial charge in [-0.3, -0.25) is 9.20 Å². The van der Waals surface area contributed by atoms with E-state index < -0.39 is 0 Å². The molecule has 3 rings (SSSR count). The predicted molar refractivity (Wildman–Crippen MR) is 84.9 cm³/mol. The van der Waals surface area contributed by atoms with E-state index in [0.29, 0.717) is 6.54 Å². The van der Waals surface area contributed by atoms with Gasteiger partial charge in [-0.25, -0.2) is 4.98 Å². The third-order valence-electron chi connectivity index (χ3n) is 2.92. The second kappa shape index (κ2) is 5.68. The Kier molecular flexibility index (Phi) is 3.75. The number of fused-ring (bicyclic) bond motifs is 1. The zero-order valence-electron chi connectivity index (χ0n) is 10.9. The molecule has 0 amide bonds. The number of thioether (sulfide) groups is 1. The van der Waals surface area contributed by atoms with Crippen LogP contribution < -0.4 is 10.9 Å². The first kappa shape index (κ1) is 13.2. The predicted octanol–water partition coefficient (Wildman–Crippen LogP) is 3.09. The monoisotopic (exact) mass is 303 g/mol. The molecule has 1 N–H and O–H groups in total. The van der Waals surface area contributed by atoms with Gasteiger partial charge in [0.05, 0.1) is 12.2 Å². The number of hydrogen-bond acceptors (Lipinski definition) is 5. The van der Waals surface area contributed by atoms with Gasteiger partial charge in [0.25, 0.3) is 5.56 Å². The first-order valence-corrected chi connectivity index (χ1v) is 8.21. The highest BCUT2D eigenvalue weighted by molar-refractivity contribution is 7.98. The van der Waals surface area contributed by atoms with Crippen molar-refractivity contribution >= 4 is 33.7 Å². The zero-order chi connectivity index (χ0) is 13.9. The molecule has 0 aliphatic carbocycles. The summed E-state index contributed by atoms with van der Waals surface area (Å²) in [4.78, 5) is 18.3. The minimum absolute atomic E-state index is 0.0359. The Balaban J connectivity index is 1.85. The minimum Gasteiger partial charge on any atom is -0.378 e. The second-order valence-corrected chi connectivity index (χ2v) is 5.92. The quantitative estimate of drug-likeness (QED) is 0.752. The lowest BCUT2D eigenvalue weighted by molar-refractivity contribution is 0.986. The third-order valence-corrected chi connectivity index (χ3v) is 4.48. The molecule has 0 saturated heterocycles. The fraction of sp³-hybridized carbons (Fsp3) is 0.143. The lowest BCUT2D eigenvalue weighted by Crippen LogP contribution is -2.14. The maximum absolute atomic E-state index is 11.9. The number of rotatable bonds is 4. The highest BCUT2D eigenvalue weighted by atomic mass is 32.2. The van der Waals surface area contributed by atoms with Crippen LogP contribution >= 0.6 is 23.1 Å². The molecule has 2 aromatic heterocycles. The zero-order valence-corrected chi connectivity index (χ0v) is 12.5. The van der Waals surface area contributed by atoms with E-state index in [-0.39, 0.29) is 5.56 Å². The van der Waals surface area contributed by atoms with E-state index in [4.69, 9.17) is 0 Å². The first-order valence-electron chi connectivity index (χ1n) is 6.10. The minimum atomic E-state index is -0.0359. The van der Waals surface area contributed by atoms with Gasteiger partial charge in [0.2, 0.25) is 0 Å². The molecule has 0 spiro atoms. The van der Waals surface area contributed by atoms with E-state index in [1.165, 1.54) is 16.2 Å². The SMILES string of the molecule is CSc1ccccc1NCc1cc(=O)n2ccsc2n1. The summed E-state index contributed by atoms with van der Waals surface area (Å²) in [5.74, 6) is 0. The van der Waals surface area contributed by atoms with Crippen molar-refractivity contribution in [2.75, 3.05) is 11.6 Å². The van der Waals surface area contributed by atoms with Crippen LogP contribution in [0, 0.1) is 0 Å². The van der Waals surface area contributed by atoms with Gasteiger partial charge in [-0.2, -0.15) is 0 Å². The van der Waals surface area contributed by atoms with Gasteiger partial charge >= 0.3 is 0 Å². The van der Waals surface area contributed by atoms with Crippen LogP contribution in [0.5, 0.6) is 0 Å². The Labute approximate surface area is 124 Å². The molecular formula is C14H13N3OS2. The van der Waals surface area contributed by atoms with Crippen molar-refractivity contribution in [3.8, 4) is 0 Å². The number of aromatic nitrogens is 2. The Morgan fingerprint density at radius 1 is 1.40 bits per heavy atom. The van der Waals surface area contributed by atoms with Crippen LogP contribution in [-0.2, 0) is 6.54 Å². The van der Waals surface area contributed by atoms with Crippen LogP contribution in [0.25, 0.3) is 4.96 Å². The van der Waals surface area contributed by atoms with E-state index in [9.17, 15) is 4.79 Å². The molecule has 0 unspecified atom stereocenters. The second-order valence-electron chi connectivity index (χ2n) is 4.20. The summed E-state index contributed by atoms with van der Waals surface area (Å²) in [5, 5.41) is 5.20. The highest BCUT2D eigenvalue weighted by Gasteiger charge is 2.04. The standard InChI is InChI=1S/C14H13N3OS2/c1-19-12-5-3-2-4-11(12)15-9-10-8-13(18)17-6-7-20-14(17)16-10/h2-8,15H,9H2,1H3. The van der Waals surface area contributed by atoms with Crippen molar-refractivity contribution in [1.29, 1.82) is 0 Å². The Hall–Kier alpha value is -1.79. The average molecular weight is 303 g/mol. The largest absolute Gasteiger partial charge is 0.378 e. The van der Waals surface area contributed by atoms with Crippen molar-refractivity contribution < 1.29 is 0 Å². The maximum atomic E-state index is 11.9. The molecule has 3 aromatic rings. The van der Waals surface area contributed by atoms with E-state index in [0.717, 1.165) is 16.3 Å². The number of nitrogens with zero attached hydrogens (tertiary/aromatic N) is 2.